The fourth-order valence-electron chi connectivity index (χ4n) is 12.4. The molecule has 0 aromatic rings. The number of amides is 1. The molecule has 0 aromatic heterocycles. The Morgan fingerprint density at radius 1 is 0.315 bits per heavy atom. The zero-order valence-corrected chi connectivity index (χ0v) is 59.9. The van der Waals surface area contributed by atoms with Gasteiger partial charge in [0, 0.05) is 12.8 Å². The predicted octanol–water partition coefficient (Wildman–Crippen LogP) is 26.5. The van der Waals surface area contributed by atoms with Crippen LogP contribution in [0.2, 0.25) is 0 Å². The van der Waals surface area contributed by atoms with Crippen molar-refractivity contribution >= 4 is 11.9 Å². The minimum Gasteiger partial charge on any atom is -0.466 e. The normalized spacial score (nSPS) is 12.8. The molecule has 0 heterocycles. The molecular formula is C83H155NO5. The summed E-state index contributed by atoms with van der Waals surface area (Å²) in [6.45, 7) is 4.87. The summed E-state index contributed by atoms with van der Waals surface area (Å²) in [7, 11) is 0. The largest absolute Gasteiger partial charge is 0.466 e. The number of allylic oxidation sites excluding steroid dienone is 9. The maximum absolute atomic E-state index is 12.6. The van der Waals surface area contributed by atoms with E-state index in [1.807, 2.05) is 6.08 Å². The SMILES string of the molecule is CCC/C=C\C/C=C\CCCCCCCC(=O)OCCCCCCCCCCCCC/C=C\C/C=C\CCCCCCCCCCCCCCCCCCCC(=O)NC(CO)C(O)/C=C/CCCCCCCCCCCCCCCCCCCCCCCC. The lowest BCUT2D eigenvalue weighted by molar-refractivity contribution is -0.143. The quantitative estimate of drug-likeness (QED) is 0.0320. The monoisotopic (exact) mass is 1250 g/mol. The molecule has 0 saturated heterocycles. The van der Waals surface area contributed by atoms with Crippen LogP contribution in [-0.2, 0) is 14.3 Å². The summed E-state index contributed by atoms with van der Waals surface area (Å²) in [5.41, 5.74) is 0. The van der Waals surface area contributed by atoms with E-state index in [2.05, 4.69) is 67.8 Å². The van der Waals surface area contributed by atoms with E-state index in [9.17, 15) is 19.8 Å². The molecule has 6 nitrogen and oxygen atoms in total. The second kappa shape index (κ2) is 78.0. The molecular weight excluding hydrogens is 1090 g/mol. The second-order valence-corrected chi connectivity index (χ2v) is 27.4. The fourth-order valence-corrected chi connectivity index (χ4v) is 12.4. The summed E-state index contributed by atoms with van der Waals surface area (Å²) >= 11 is 0. The van der Waals surface area contributed by atoms with Gasteiger partial charge in [-0.15, -0.1) is 0 Å². The molecule has 0 spiro atoms. The van der Waals surface area contributed by atoms with E-state index < -0.39 is 12.1 Å². The Balaban J connectivity index is 3.40. The van der Waals surface area contributed by atoms with Crippen molar-refractivity contribution < 1.29 is 24.5 Å². The van der Waals surface area contributed by atoms with Crippen molar-refractivity contribution in [3.05, 3.63) is 60.8 Å². The third-order valence-corrected chi connectivity index (χ3v) is 18.5. The van der Waals surface area contributed by atoms with Gasteiger partial charge in [0.05, 0.1) is 25.4 Å². The number of unbranched alkanes of at least 4 members (excludes halogenated alkanes) is 56. The van der Waals surface area contributed by atoms with Gasteiger partial charge in [-0.3, -0.25) is 9.59 Å². The van der Waals surface area contributed by atoms with Crippen LogP contribution >= 0.6 is 0 Å². The first-order valence-corrected chi connectivity index (χ1v) is 40.1. The maximum atomic E-state index is 12.6. The summed E-state index contributed by atoms with van der Waals surface area (Å²) in [5.74, 6) is -0.0601. The van der Waals surface area contributed by atoms with Crippen molar-refractivity contribution in [1.29, 1.82) is 0 Å². The number of carbonyl (C=O) groups excluding carboxylic acids is 2. The molecule has 2 atom stereocenters. The van der Waals surface area contributed by atoms with Crippen LogP contribution in [0.1, 0.15) is 431 Å². The lowest BCUT2D eigenvalue weighted by atomic mass is 10.0. The molecule has 522 valence electrons. The van der Waals surface area contributed by atoms with Crippen LogP contribution in [-0.4, -0.2) is 47.4 Å². The summed E-state index contributed by atoms with van der Waals surface area (Å²) in [6, 6.07) is -0.629. The van der Waals surface area contributed by atoms with E-state index >= 15 is 0 Å². The van der Waals surface area contributed by atoms with Crippen molar-refractivity contribution in [1.82, 2.24) is 5.32 Å². The van der Waals surface area contributed by atoms with Crippen LogP contribution in [0.15, 0.2) is 60.8 Å². The van der Waals surface area contributed by atoms with E-state index in [0.29, 0.717) is 19.4 Å². The van der Waals surface area contributed by atoms with Gasteiger partial charge in [0.15, 0.2) is 0 Å². The molecule has 6 heteroatoms. The summed E-state index contributed by atoms with van der Waals surface area (Å²) in [5, 5.41) is 23.3. The standard InChI is InChI=1S/C83H155NO5/c1-3-5-7-9-11-13-15-17-18-19-20-21-22-36-39-42-45-48-52-55-59-63-67-71-75-81(86)80(79-85)84-82(87)76-72-68-64-60-56-53-49-46-43-40-37-34-32-30-28-26-24-23-25-27-29-31-33-35-38-41-44-47-50-54-58-62-66-70-74-78-89-83(88)77-73-69-65-61-57-51-16-14-12-10-8-6-4-2/h8,10,14,16,25,27,31,33,71,75,80-81,85-86H,3-7,9,11-13,15,17-24,26,28-30,32,34-70,72-74,76-79H2,1-2H3,(H,84,87)/b10-8-,16-14-,27-25-,33-31-,75-71+. The topological polar surface area (TPSA) is 95.9 Å². The summed E-state index contributed by atoms with van der Waals surface area (Å²) in [6.07, 6.45) is 105. The molecule has 0 aliphatic heterocycles. The minimum atomic E-state index is -0.845. The van der Waals surface area contributed by atoms with E-state index in [1.54, 1.807) is 6.08 Å². The highest BCUT2D eigenvalue weighted by Gasteiger charge is 2.18. The van der Waals surface area contributed by atoms with Crippen molar-refractivity contribution in [2.75, 3.05) is 13.2 Å². The predicted molar refractivity (Wildman–Crippen MR) is 393 cm³/mol. The molecule has 0 saturated carbocycles. The van der Waals surface area contributed by atoms with Crippen LogP contribution in [0, 0.1) is 0 Å². The zero-order chi connectivity index (χ0) is 64.2. The molecule has 0 rings (SSSR count). The molecule has 0 aliphatic carbocycles. The molecule has 0 bridgehead atoms. The fraction of sp³-hybridized carbons (Fsp3) is 0.855. The molecule has 1 amide bonds. The Hall–Kier alpha value is -2.44. The van der Waals surface area contributed by atoms with Gasteiger partial charge in [0.1, 0.15) is 0 Å². The lowest BCUT2D eigenvalue weighted by Crippen LogP contribution is -2.45. The van der Waals surface area contributed by atoms with Crippen molar-refractivity contribution in [2.24, 2.45) is 0 Å². The number of carbonyl (C=O) groups is 2. The van der Waals surface area contributed by atoms with Crippen LogP contribution in [0.5, 0.6) is 0 Å². The van der Waals surface area contributed by atoms with Crippen LogP contribution < -0.4 is 5.32 Å². The average molecular weight is 1250 g/mol. The van der Waals surface area contributed by atoms with Gasteiger partial charge in [-0.1, -0.05) is 389 Å². The maximum Gasteiger partial charge on any atom is 0.305 e. The second-order valence-electron chi connectivity index (χ2n) is 27.4. The smallest absolute Gasteiger partial charge is 0.305 e. The zero-order valence-electron chi connectivity index (χ0n) is 59.9. The highest BCUT2D eigenvalue weighted by atomic mass is 16.5. The first-order chi connectivity index (χ1) is 44.0. The lowest BCUT2D eigenvalue weighted by Gasteiger charge is -2.20. The minimum absolute atomic E-state index is 0.00126. The Bertz CT molecular complexity index is 1530. The molecule has 0 fully saturated rings. The third kappa shape index (κ3) is 74.5. The number of nitrogens with one attached hydrogen (secondary N) is 1. The third-order valence-electron chi connectivity index (χ3n) is 18.5. The van der Waals surface area contributed by atoms with Crippen LogP contribution in [0.3, 0.4) is 0 Å². The summed E-state index contributed by atoms with van der Waals surface area (Å²) < 4.78 is 5.48. The number of rotatable bonds is 75. The number of hydrogen-bond donors (Lipinski definition) is 3. The number of hydrogen-bond acceptors (Lipinski definition) is 5. The molecule has 0 radical (unpaired) electrons. The summed E-state index contributed by atoms with van der Waals surface area (Å²) in [4.78, 5) is 24.6. The van der Waals surface area contributed by atoms with Gasteiger partial charge in [-0.25, -0.2) is 0 Å². The van der Waals surface area contributed by atoms with Crippen molar-refractivity contribution in [3.8, 4) is 0 Å². The Kier molecular flexibility index (Phi) is 75.9. The van der Waals surface area contributed by atoms with E-state index in [4.69, 9.17) is 4.74 Å². The van der Waals surface area contributed by atoms with E-state index in [1.165, 1.54) is 347 Å². The van der Waals surface area contributed by atoms with Gasteiger partial charge >= 0.3 is 5.97 Å². The van der Waals surface area contributed by atoms with E-state index in [-0.39, 0.29) is 18.5 Å². The molecule has 0 aromatic carbocycles. The van der Waals surface area contributed by atoms with Crippen molar-refractivity contribution in [3.63, 3.8) is 0 Å². The van der Waals surface area contributed by atoms with Crippen LogP contribution in [0.4, 0.5) is 0 Å². The first-order valence-electron chi connectivity index (χ1n) is 40.1. The van der Waals surface area contributed by atoms with Gasteiger partial charge in [-0.05, 0) is 89.9 Å². The number of esters is 1. The molecule has 89 heavy (non-hydrogen) atoms. The Labute approximate surface area is 556 Å². The first kappa shape index (κ1) is 86.6. The highest BCUT2D eigenvalue weighted by Crippen LogP contribution is 2.19. The molecule has 3 N–H and O–H groups in total. The number of aliphatic hydroxyl groups is 2. The average Bonchev–Trinajstić information content (AvgIpc) is 3.64. The van der Waals surface area contributed by atoms with Gasteiger partial charge < -0.3 is 20.3 Å². The highest BCUT2D eigenvalue weighted by molar-refractivity contribution is 5.76. The van der Waals surface area contributed by atoms with Gasteiger partial charge in [0.25, 0.3) is 0 Å². The van der Waals surface area contributed by atoms with Crippen molar-refractivity contribution in [2.45, 2.75) is 443 Å². The van der Waals surface area contributed by atoms with Gasteiger partial charge in [-0.2, -0.15) is 0 Å². The number of ether oxygens (including phenoxy) is 1. The Morgan fingerprint density at radius 2 is 0.584 bits per heavy atom. The van der Waals surface area contributed by atoms with Crippen LogP contribution in [0.25, 0.3) is 0 Å². The van der Waals surface area contributed by atoms with E-state index in [0.717, 1.165) is 57.8 Å². The molecule has 2 unspecified atom stereocenters. The number of aliphatic hydroxyl groups excluding tert-OH is 2. The van der Waals surface area contributed by atoms with Gasteiger partial charge in [0.2, 0.25) is 5.91 Å². The Morgan fingerprint density at radius 3 is 0.899 bits per heavy atom. The molecule has 0 aliphatic rings.